The number of esters is 1. The van der Waals surface area contributed by atoms with Gasteiger partial charge in [0.05, 0.1) is 111 Å². The van der Waals surface area contributed by atoms with E-state index in [0.717, 1.165) is 40.0 Å². The summed E-state index contributed by atoms with van der Waals surface area (Å²) in [7, 11) is 3.17. The number of imide groups is 2. The van der Waals surface area contributed by atoms with Crippen LogP contribution in [0.1, 0.15) is 144 Å². The van der Waals surface area contributed by atoms with Gasteiger partial charge in [0.1, 0.15) is 42.9 Å². The largest absolute Gasteiger partial charge is 0.493 e. The van der Waals surface area contributed by atoms with Crippen molar-refractivity contribution >= 4 is 47.1 Å². The van der Waals surface area contributed by atoms with Crippen molar-refractivity contribution in [1.82, 2.24) is 15.1 Å². The van der Waals surface area contributed by atoms with Crippen LogP contribution >= 0.6 is 0 Å². The number of methoxy groups -OCH3 is 2. The number of ether oxygens (including phenoxy) is 12. The van der Waals surface area contributed by atoms with Crippen LogP contribution in [-0.2, 0) is 73.1 Å². The molecule has 7 rings (SSSR count). The highest BCUT2D eigenvalue weighted by Crippen LogP contribution is 2.38. The van der Waals surface area contributed by atoms with Crippen molar-refractivity contribution in [2.24, 2.45) is 0 Å². The minimum absolute atomic E-state index is 0.00654. The Morgan fingerprint density at radius 2 is 1.20 bits per heavy atom. The highest BCUT2D eigenvalue weighted by Gasteiger charge is 2.46. The molecule has 0 bridgehead atoms. The predicted molar refractivity (Wildman–Crippen MR) is 344 cm³/mol. The number of amides is 5. The topological polar surface area (TPSA) is 266 Å². The number of carbonyl (C=O) groups is 8. The average Bonchev–Trinajstić information content (AvgIpc) is 1.58. The third-order valence-electron chi connectivity index (χ3n) is 16.5. The molecule has 23 nitrogen and oxygen atoms in total. The van der Waals surface area contributed by atoms with Gasteiger partial charge < -0.3 is 61.7 Å². The standard InChI is InChI=1S/C71H93N3O20/c1-7-57(53-43-50(4)66(84-6)63(45-53)83-5)68(79)73-27-9-8-19-60(73)71(82)94-61(25-23-51-22-21-48(2)49(3)42-51)52-14-10-17-56(44-52)92-46-54(75)15-12-28-85-30-32-87-34-36-89-38-40-91-41-39-90-37-35-88-33-31-86-29-13-16-55(76)47-93-62-20-11-18-58-65(62)70(81)74(69(58)80)59-24-26-64(77)72-67(59)78/h10-11,14,17-18,20-22,42-45,57,59-61H,7-9,12-13,15-16,19,23-41,46-47H2,1-6H3,(H,72,77,78)/t57-,59?,60-,61?/m0/s1. The lowest BCUT2D eigenvalue weighted by Gasteiger charge is -2.37. The predicted octanol–water partition coefficient (Wildman–Crippen LogP) is 8.09. The molecule has 2 saturated heterocycles. The van der Waals surface area contributed by atoms with Crippen molar-refractivity contribution in [2.45, 2.75) is 129 Å². The van der Waals surface area contributed by atoms with Gasteiger partial charge in [0.25, 0.3) is 11.8 Å². The number of benzene rings is 4. The van der Waals surface area contributed by atoms with Crippen molar-refractivity contribution in [2.75, 3.05) is 126 Å². The van der Waals surface area contributed by atoms with Gasteiger partial charge in [-0.25, -0.2) is 4.79 Å². The second kappa shape index (κ2) is 39.3. The molecule has 1 N–H and O–H groups in total. The number of aryl methyl sites for hydroxylation is 4. The summed E-state index contributed by atoms with van der Waals surface area (Å²) in [5, 5.41) is 2.16. The van der Waals surface area contributed by atoms with Gasteiger partial charge in [0.15, 0.2) is 23.1 Å². The molecule has 2 unspecified atom stereocenters. The smallest absolute Gasteiger partial charge is 0.329 e. The molecule has 3 aliphatic heterocycles. The van der Waals surface area contributed by atoms with Gasteiger partial charge >= 0.3 is 5.97 Å². The first-order chi connectivity index (χ1) is 45.6. The quantitative estimate of drug-likeness (QED) is 0.0249. The summed E-state index contributed by atoms with van der Waals surface area (Å²) in [6.45, 7) is 13.4. The van der Waals surface area contributed by atoms with E-state index in [1.165, 1.54) is 29.3 Å². The number of ketones is 2. The van der Waals surface area contributed by atoms with E-state index in [4.69, 9.17) is 56.8 Å². The molecule has 3 aliphatic rings. The molecule has 4 atom stereocenters. The van der Waals surface area contributed by atoms with Gasteiger partial charge in [0, 0.05) is 39.0 Å². The fourth-order valence-electron chi connectivity index (χ4n) is 11.4. The summed E-state index contributed by atoms with van der Waals surface area (Å²) >= 11 is 0. The number of nitrogens with zero attached hydrogens (tertiary/aromatic N) is 2. The van der Waals surface area contributed by atoms with E-state index in [-0.39, 0.29) is 73.2 Å². The highest BCUT2D eigenvalue weighted by atomic mass is 16.6. The first-order valence-electron chi connectivity index (χ1n) is 32.7. The number of hydrogen-bond acceptors (Lipinski definition) is 20. The zero-order valence-corrected chi connectivity index (χ0v) is 55.3. The molecule has 0 aromatic heterocycles. The maximum atomic E-state index is 14.5. The molecule has 0 saturated carbocycles. The fraction of sp³-hybridized carbons (Fsp3) is 0.549. The Morgan fingerprint density at radius 3 is 1.79 bits per heavy atom. The SMILES string of the molecule is CC[C@H](C(=O)N1CCCC[C@H]1C(=O)OC(CCc1ccc(C)c(C)c1)c1cccc(OCC(=O)CCCOCCOCCOCCOCCOCCOCCOCCCC(=O)COc2cccc3c2C(=O)N(C2CCC(=O)NC2=O)C3=O)c1)c1cc(C)c(OC)c(OC)c1. The normalized spacial score (nSPS) is 16.1. The van der Waals surface area contributed by atoms with Crippen molar-refractivity contribution in [3.8, 4) is 23.0 Å². The second-order valence-corrected chi connectivity index (χ2v) is 23.3. The minimum Gasteiger partial charge on any atom is -0.493 e. The van der Waals surface area contributed by atoms with Gasteiger partial charge in [-0.3, -0.25) is 43.8 Å². The summed E-state index contributed by atoms with van der Waals surface area (Å²) in [6, 6.07) is 20.1. The first-order valence-corrected chi connectivity index (χ1v) is 32.7. The molecule has 4 aromatic rings. The summed E-state index contributed by atoms with van der Waals surface area (Å²) in [4.78, 5) is 107. The van der Waals surface area contributed by atoms with E-state index in [1.807, 2.05) is 44.2 Å². The molecule has 5 amide bonds. The van der Waals surface area contributed by atoms with Crippen molar-refractivity contribution in [3.63, 3.8) is 0 Å². The maximum absolute atomic E-state index is 14.5. The number of carbonyl (C=O) groups excluding carboxylic acids is 8. The van der Waals surface area contributed by atoms with Crippen LogP contribution in [0.5, 0.6) is 23.0 Å². The van der Waals surface area contributed by atoms with Crippen LogP contribution in [0.3, 0.4) is 0 Å². The number of fused-ring (bicyclic) bond motifs is 1. The molecule has 94 heavy (non-hydrogen) atoms. The van der Waals surface area contributed by atoms with E-state index in [2.05, 4.69) is 37.4 Å². The molecular formula is C71H93N3O20. The monoisotopic (exact) mass is 1310 g/mol. The molecule has 23 heteroatoms. The Morgan fingerprint density at radius 1 is 0.596 bits per heavy atom. The molecule has 2 fully saturated rings. The van der Waals surface area contributed by atoms with Crippen molar-refractivity contribution in [1.29, 1.82) is 0 Å². The Labute approximate surface area is 550 Å². The summed E-state index contributed by atoms with van der Waals surface area (Å²) in [5.74, 6) is -2.18. The molecule has 4 aromatic carbocycles. The van der Waals surface area contributed by atoms with Crippen molar-refractivity contribution in [3.05, 3.63) is 117 Å². The molecular weight excluding hydrogens is 1210 g/mol. The van der Waals surface area contributed by atoms with Gasteiger partial charge in [0.2, 0.25) is 17.7 Å². The number of nitrogens with one attached hydrogen (secondary N) is 1. The van der Waals surface area contributed by atoms with Crippen LogP contribution in [0, 0.1) is 20.8 Å². The Kier molecular flexibility index (Phi) is 30.8. The average molecular weight is 1310 g/mol. The summed E-state index contributed by atoms with van der Waals surface area (Å²) in [6.07, 6.45) is 4.55. The molecule has 3 heterocycles. The zero-order valence-electron chi connectivity index (χ0n) is 55.3. The van der Waals surface area contributed by atoms with Gasteiger partial charge in [-0.2, -0.15) is 0 Å². The summed E-state index contributed by atoms with van der Waals surface area (Å²) < 4.78 is 68.4. The van der Waals surface area contributed by atoms with Gasteiger partial charge in [-0.15, -0.1) is 0 Å². The van der Waals surface area contributed by atoms with E-state index in [0.29, 0.717) is 155 Å². The van der Waals surface area contributed by atoms with E-state index in [9.17, 15) is 38.4 Å². The fourth-order valence-corrected chi connectivity index (χ4v) is 11.4. The number of Topliss-reactive ketones (excluding diaryl/α,β-unsaturated/α-hetero) is 2. The number of piperidine rings is 2. The second-order valence-electron chi connectivity index (χ2n) is 23.3. The van der Waals surface area contributed by atoms with E-state index >= 15 is 0 Å². The number of hydrogen-bond donors (Lipinski definition) is 1. The zero-order chi connectivity index (χ0) is 67.2. The van der Waals surface area contributed by atoms with E-state index in [1.54, 1.807) is 25.2 Å². The third kappa shape index (κ3) is 22.2. The van der Waals surface area contributed by atoms with Crippen LogP contribution in [0.2, 0.25) is 0 Å². The molecule has 0 spiro atoms. The lowest BCUT2D eigenvalue weighted by Crippen LogP contribution is -2.54. The number of likely N-dealkylation sites (tertiary alicyclic amines) is 1. The Balaban J connectivity index is 0.678. The lowest BCUT2D eigenvalue weighted by molar-refractivity contribution is -0.162. The molecule has 0 radical (unpaired) electrons. The first kappa shape index (κ1) is 73.8. The van der Waals surface area contributed by atoms with Crippen LogP contribution in [0.15, 0.2) is 72.8 Å². The number of rotatable bonds is 44. The minimum atomic E-state index is -1.10. The summed E-state index contributed by atoms with van der Waals surface area (Å²) in [5.41, 5.74) is 5.94. The van der Waals surface area contributed by atoms with E-state index < -0.39 is 53.7 Å². The Hall–Kier alpha value is -7.64. The van der Waals surface area contributed by atoms with Crippen LogP contribution in [0.4, 0.5) is 0 Å². The maximum Gasteiger partial charge on any atom is 0.329 e. The van der Waals surface area contributed by atoms with Gasteiger partial charge in [-0.05, 0) is 142 Å². The molecule has 512 valence electrons. The van der Waals surface area contributed by atoms with Crippen molar-refractivity contribution < 1.29 is 95.2 Å². The van der Waals surface area contributed by atoms with Crippen LogP contribution in [0.25, 0.3) is 0 Å². The van der Waals surface area contributed by atoms with Crippen LogP contribution in [-0.4, -0.2) is 195 Å². The lowest BCUT2D eigenvalue weighted by atomic mass is 9.91. The Bertz CT molecular complexity index is 3170. The van der Waals surface area contributed by atoms with Crippen LogP contribution < -0.4 is 24.3 Å². The van der Waals surface area contributed by atoms with Gasteiger partial charge in [-0.1, -0.05) is 49.4 Å². The third-order valence-corrected chi connectivity index (χ3v) is 16.5. The highest BCUT2D eigenvalue weighted by molar-refractivity contribution is 6.24. The molecule has 0 aliphatic carbocycles.